The summed E-state index contributed by atoms with van der Waals surface area (Å²) < 4.78 is 20.0. The van der Waals surface area contributed by atoms with E-state index in [0.717, 1.165) is 31.2 Å². The Kier molecular flexibility index (Phi) is 7.17. The molecule has 4 heteroatoms. The quantitative estimate of drug-likeness (QED) is 0.490. The van der Waals surface area contributed by atoms with Crippen molar-refractivity contribution in [1.29, 1.82) is 0 Å². The van der Waals surface area contributed by atoms with Crippen LogP contribution in [0.3, 0.4) is 0 Å². The Morgan fingerprint density at radius 1 is 1.30 bits per heavy atom. The number of aromatic nitrogens is 1. The predicted octanol–water partition coefficient (Wildman–Crippen LogP) is 5.52. The lowest BCUT2D eigenvalue weighted by atomic mass is 9.80. The number of pyridine rings is 1. The maximum Gasteiger partial charge on any atom is 0.312 e. The molecule has 1 atom stereocenters. The molecule has 0 amide bonds. The number of unbranched alkanes of at least 4 members (excludes halogenated alkanes) is 2. The number of hydrogen-bond donors (Lipinski definition) is 0. The molecule has 0 aliphatic rings. The first-order chi connectivity index (χ1) is 10.7. The highest BCUT2D eigenvalue weighted by molar-refractivity contribution is 5.71. The van der Waals surface area contributed by atoms with E-state index in [-0.39, 0.29) is 23.6 Å². The Bertz CT molecular complexity index is 535. The average molecular weight is 323 g/mol. The molecule has 0 fully saturated rings. The van der Waals surface area contributed by atoms with E-state index in [2.05, 4.69) is 11.9 Å². The predicted molar refractivity (Wildman–Crippen MR) is 91.4 cm³/mol. The fourth-order valence-corrected chi connectivity index (χ4v) is 2.66. The van der Waals surface area contributed by atoms with Crippen molar-refractivity contribution in [2.75, 3.05) is 0 Å². The van der Waals surface area contributed by atoms with Crippen LogP contribution in [-0.2, 0) is 10.2 Å². The zero-order valence-electron chi connectivity index (χ0n) is 15.3. The van der Waals surface area contributed by atoms with E-state index in [1.165, 1.54) is 0 Å². The molecule has 1 heterocycles. The first kappa shape index (κ1) is 19.6. The van der Waals surface area contributed by atoms with E-state index < -0.39 is 11.8 Å². The lowest BCUT2D eigenvalue weighted by molar-refractivity contribution is -0.134. The molecule has 23 heavy (non-hydrogen) atoms. The molecule has 0 aliphatic carbocycles. The molecule has 1 rings (SSSR count). The van der Waals surface area contributed by atoms with Gasteiger partial charge in [0.15, 0.2) is 5.82 Å². The van der Waals surface area contributed by atoms with Gasteiger partial charge in [0.05, 0.1) is 0 Å². The van der Waals surface area contributed by atoms with Gasteiger partial charge in [-0.3, -0.25) is 4.79 Å². The van der Waals surface area contributed by atoms with Gasteiger partial charge in [-0.15, -0.1) is 0 Å². The van der Waals surface area contributed by atoms with E-state index in [0.29, 0.717) is 5.56 Å². The molecule has 0 bridgehead atoms. The first-order valence-corrected chi connectivity index (χ1v) is 8.61. The summed E-state index contributed by atoms with van der Waals surface area (Å²) in [4.78, 5) is 15.5. The third kappa shape index (κ3) is 5.29. The Morgan fingerprint density at radius 3 is 2.48 bits per heavy atom. The normalized spacial score (nSPS) is 13.0. The number of esters is 1. The first-order valence-electron chi connectivity index (χ1n) is 8.61. The third-order valence-electron chi connectivity index (χ3n) is 4.07. The highest BCUT2D eigenvalue weighted by atomic mass is 19.1. The number of ether oxygens (including phenoxy) is 1. The molecule has 0 saturated carbocycles. The minimum atomic E-state index is -0.483. The number of carbonyl (C=O) groups excluding carboxylic acids is 1. The van der Waals surface area contributed by atoms with E-state index in [9.17, 15) is 9.18 Å². The standard InChI is InChI=1S/C19H30FNO2/c1-7-9-10-11-13(3)16-14(19(4,5)6)12-21-18(17(16)20)23-15(22)8-2/h12-13H,7-11H2,1-6H3. The van der Waals surface area contributed by atoms with Crippen molar-refractivity contribution in [2.24, 2.45) is 0 Å². The molecule has 130 valence electrons. The molecular formula is C19H30FNO2. The fraction of sp³-hybridized carbons (Fsp3) is 0.684. The molecule has 1 unspecified atom stereocenters. The Morgan fingerprint density at radius 2 is 1.96 bits per heavy atom. The topological polar surface area (TPSA) is 39.2 Å². The summed E-state index contributed by atoms with van der Waals surface area (Å²) in [6.45, 7) is 12.0. The summed E-state index contributed by atoms with van der Waals surface area (Å²) in [5.74, 6) is -1.08. The SMILES string of the molecule is CCCCCC(C)c1c(C(C)(C)C)cnc(OC(=O)CC)c1F. The van der Waals surface area contributed by atoms with Crippen molar-refractivity contribution in [1.82, 2.24) is 4.98 Å². The lowest BCUT2D eigenvalue weighted by Crippen LogP contribution is -2.19. The molecule has 0 aliphatic heterocycles. The van der Waals surface area contributed by atoms with Crippen LogP contribution in [0, 0.1) is 5.82 Å². The monoisotopic (exact) mass is 323 g/mol. The van der Waals surface area contributed by atoms with Crippen LogP contribution in [0.25, 0.3) is 0 Å². The van der Waals surface area contributed by atoms with Crippen LogP contribution in [-0.4, -0.2) is 11.0 Å². The summed E-state index contributed by atoms with van der Waals surface area (Å²) in [6.07, 6.45) is 6.11. The van der Waals surface area contributed by atoms with Crippen molar-refractivity contribution >= 4 is 5.97 Å². The molecule has 1 aromatic heterocycles. The Balaban J connectivity index is 3.24. The molecule has 3 nitrogen and oxygen atoms in total. The second-order valence-corrected chi connectivity index (χ2v) is 7.18. The van der Waals surface area contributed by atoms with Gasteiger partial charge in [0.2, 0.25) is 0 Å². The summed E-state index contributed by atoms with van der Waals surface area (Å²) in [5, 5.41) is 0. The maximum absolute atomic E-state index is 15.0. The molecule has 1 aromatic rings. The summed E-state index contributed by atoms with van der Waals surface area (Å²) >= 11 is 0. The smallest absolute Gasteiger partial charge is 0.312 e. The molecule has 0 saturated heterocycles. The van der Waals surface area contributed by atoms with Gasteiger partial charge >= 0.3 is 5.97 Å². The zero-order valence-corrected chi connectivity index (χ0v) is 15.3. The van der Waals surface area contributed by atoms with Crippen LogP contribution in [0.5, 0.6) is 5.88 Å². The minimum absolute atomic E-state index is 0.0675. The number of hydrogen-bond acceptors (Lipinski definition) is 3. The average Bonchev–Trinajstić information content (AvgIpc) is 2.47. The van der Waals surface area contributed by atoms with Gasteiger partial charge in [-0.1, -0.05) is 60.8 Å². The zero-order chi connectivity index (χ0) is 17.6. The second kappa shape index (κ2) is 8.42. The number of nitrogens with zero attached hydrogens (tertiary/aromatic N) is 1. The van der Waals surface area contributed by atoms with Crippen LogP contribution in [0.1, 0.15) is 90.7 Å². The Labute approximate surface area is 139 Å². The van der Waals surface area contributed by atoms with Crippen LogP contribution in [0.15, 0.2) is 6.20 Å². The van der Waals surface area contributed by atoms with Crippen molar-refractivity contribution in [3.05, 3.63) is 23.1 Å². The van der Waals surface area contributed by atoms with Gasteiger partial charge < -0.3 is 4.74 Å². The third-order valence-corrected chi connectivity index (χ3v) is 4.07. The van der Waals surface area contributed by atoms with E-state index >= 15 is 0 Å². The van der Waals surface area contributed by atoms with E-state index in [1.807, 2.05) is 27.7 Å². The minimum Gasteiger partial charge on any atom is -0.404 e. The lowest BCUT2D eigenvalue weighted by Gasteiger charge is -2.26. The highest BCUT2D eigenvalue weighted by Crippen LogP contribution is 2.37. The highest BCUT2D eigenvalue weighted by Gasteiger charge is 2.27. The number of halogens is 1. The number of rotatable bonds is 7. The van der Waals surface area contributed by atoms with Gasteiger partial charge in [-0.25, -0.2) is 9.37 Å². The van der Waals surface area contributed by atoms with Crippen LogP contribution in [0.4, 0.5) is 4.39 Å². The van der Waals surface area contributed by atoms with E-state index in [1.54, 1.807) is 13.1 Å². The van der Waals surface area contributed by atoms with Crippen LogP contribution < -0.4 is 4.74 Å². The second-order valence-electron chi connectivity index (χ2n) is 7.18. The van der Waals surface area contributed by atoms with Gasteiger partial charge in [0, 0.05) is 18.2 Å². The van der Waals surface area contributed by atoms with Gasteiger partial charge in [-0.05, 0) is 23.3 Å². The van der Waals surface area contributed by atoms with Gasteiger partial charge in [0.1, 0.15) is 0 Å². The molecular weight excluding hydrogens is 293 g/mol. The summed E-state index contributed by atoms with van der Waals surface area (Å²) in [7, 11) is 0. The Hall–Kier alpha value is -1.45. The van der Waals surface area contributed by atoms with Crippen LogP contribution >= 0.6 is 0 Å². The number of carbonyl (C=O) groups is 1. The molecule has 0 radical (unpaired) electrons. The van der Waals surface area contributed by atoms with Crippen molar-refractivity contribution in [3.8, 4) is 5.88 Å². The van der Waals surface area contributed by atoms with Crippen molar-refractivity contribution in [2.45, 2.75) is 85.0 Å². The van der Waals surface area contributed by atoms with Crippen molar-refractivity contribution in [3.63, 3.8) is 0 Å². The van der Waals surface area contributed by atoms with Crippen molar-refractivity contribution < 1.29 is 13.9 Å². The van der Waals surface area contributed by atoms with E-state index in [4.69, 9.17) is 4.74 Å². The fourth-order valence-electron chi connectivity index (χ4n) is 2.66. The van der Waals surface area contributed by atoms with Crippen LogP contribution in [0.2, 0.25) is 0 Å². The molecule has 0 aromatic carbocycles. The maximum atomic E-state index is 15.0. The van der Waals surface area contributed by atoms with Gasteiger partial charge in [-0.2, -0.15) is 0 Å². The summed E-state index contributed by atoms with van der Waals surface area (Å²) in [6, 6.07) is 0. The van der Waals surface area contributed by atoms with Gasteiger partial charge in [0.25, 0.3) is 5.88 Å². The molecule has 0 N–H and O–H groups in total. The largest absolute Gasteiger partial charge is 0.404 e. The summed E-state index contributed by atoms with van der Waals surface area (Å²) in [5.41, 5.74) is 1.31. The molecule has 0 spiro atoms.